The lowest BCUT2D eigenvalue weighted by atomic mass is 10.4. The van der Waals surface area contributed by atoms with Crippen molar-refractivity contribution in [3.8, 4) is 0 Å². The second kappa shape index (κ2) is 7.57. The first-order valence-corrected chi connectivity index (χ1v) is 8.74. The van der Waals surface area contributed by atoms with Crippen molar-refractivity contribution in [2.75, 3.05) is 38.1 Å². The van der Waals surface area contributed by atoms with Crippen LogP contribution in [-0.2, 0) is 18.6 Å². The Morgan fingerprint density at radius 2 is 2.00 bits per heavy atom. The van der Waals surface area contributed by atoms with Gasteiger partial charge in [-0.2, -0.15) is 0 Å². The van der Waals surface area contributed by atoms with E-state index in [0.29, 0.717) is 31.5 Å². The zero-order valence-corrected chi connectivity index (χ0v) is 13.6. The molecule has 1 aliphatic rings. The summed E-state index contributed by atoms with van der Waals surface area (Å²) < 4.78 is 30.0. The Hall–Kier alpha value is 0.610. The number of alkyl halides is 2. The molecule has 0 aromatic heterocycles. The first-order valence-electron chi connectivity index (χ1n) is 6.03. The number of nitrogens with zero attached hydrogens (tertiary/aromatic N) is 1. The predicted molar refractivity (Wildman–Crippen MR) is 75.7 cm³/mol. The van der Waals surface area contributed by atoms with Crippen molar-refractivity contribution in [1.29, 1.82) is 0 Å². The average Bonchev–Trinajstić information content (AvgIpc) is 2.66. The zero-order chi connectivity index (χ0) is 14.5. The SMILES string of the molecule is CC1(C)OCC(COP(N)(=O)N(CCCl)CCCl)O1. The van der Waals surface area contributed by atoms with Crippen LogP contribution < -0.4 is 5.50 Å². The van der Waals surface area contributed by atoms with Crippen LogP contribution in [0.4, 0.5) is 0 Å². The number of halogens is 2. The van der Waals surface area contributed by atoms with E-state index in [-0.39, 0.29) is 12.7 Å². The van der Waals surface area contributed by atoms with Crippen LogP contribution in [0.25, 0.3) is 0 Å². The largest absolute Gasteiger partial charge is 0.348 e. The second-order valence-corrected chi connectivity index (χ2v) is 7.35. The van der Waals surface area contributed by atoms with Gasteiger partial charge in [-0.05, 0) is 13.8 Å². The van der Waals surface area contributed by atoms with Gasteiger partial charge in [0.15, 0.2) is 5.79 Å². The molecule has 0 amide bonds. The molecule has 0 spiro atoms. The number of ether oxygens (including phenoxy) is 2. The Balaban J connectivity index is 2.47. The molecule has 1 saturated heterocycles. The molecule has 2 atom stereocenters. The molecule has 19 heavy (non-hydrogen) atoms. The lowest BCUT2D eigenvalue weighted by Gasteiger charge is -2.27. The van der Waals surface area contributed by atoms with Crippen molar-refractivity contribution in [2.24, 2.45) is 5.50 Å². The summed E-state index contributed by atoms with van der Waals surface area (Å²) >= 11 is 11.3. The summed E-state index contributed by atoms with van der Waals surface area (Å²) in [5.74, 6) is -0.0341. The summed E-state index contributed by atoms with van der Waals surface area (Å²) in [6.45, 7) is 4.83. The first-order chi connectivity index (χ1) is 8.80. The van der Waals surface area contributed by atoms with Crippen molar-refractivity contribution < 1.29 is 18.6 Å². The normalized spacial score (nSPS) is 25.7. The molecule has 0 saturated carbocycles. The van der Waals surface area contributed by atoms with Crippen LogP contribution in [0.1, 0.15) is 13.8 Å². The Morgan fingerprint density at radius 1 is 1.42 bits per heavy atom. The highest BCUT2D eigenvalue weighted by molar-refractivity contribution is 7.53. The molecule has 6 nitrogen and oxygen atoms in total. The van der Waals surface area contributed by atoms with Crippen molar-refractivity contribution in [3.05, 3.63) is 0 Å². The van der Waals surface area contributed by atoms with E-state index >= 15 is 0 Å². The van der Waals surface area contributed by atoms with E-state index in [1.807, 2.05) is 13.8 Å². The van der Waals surface area contributed by atoms with Gasteiger partial charge in [0.1, 0.15) is 6.10 Å². The monoisotopic (exact) mass is 334 g/mol. The summed E-state index contributed by atoms with van der Waals surface area (Å²) in [6, 6.07) is 0. The van der Waals surface area contributed by atoms with Crippen LogP contribution in [-0.4, -0.2) is 54.6 Å². The highest BCUT2D eigenvalue weighted by Gasteiger charge is 2.35. The minimum atomic E-state index is -3.40. The Kier molecular flexibility index (Phi) is 7.04. The van der Waals surface area contributed by atoms with Crippen LogP contribution >= 0.6 is 30.9 Å². The third-order valence-electron chi connectivity index (χ3n) is 2.59. The lowest BCUT2D eigenvalue weighted by Crippen LogP contribution is -2.31. The molecule has 1 heterocycles. The van der Waals surface area contributed by atoms with Crippen LogP contribution in [0.3, 0.4) is 0 Å². The van der Waals surface area contributed by atoms with E-state index in [1.54, 1.807) is 0 Å². The fraction of sp³-hybridized carbons (Fsp3) is 1.00. The highest BCUT2D eigenvalue weighted by atomic mass is 35.5. The molecule has 1 rings (SSSR count). The van der Waals surface area contributed by atoms with E-state index in [0.717, 1.165) is 0 Å². The number of rotatable bonds is 8. The fourth-order valence-electron chi connectivity index (χ4n) is 1.70. The summed E-state index contributed by atoms with van der Waals surface area (Å²) in [7, 11) is -3.40. The molecule has 2 unspecified atom stereocenters. The first kappa shape index (κ1) is 17.7. The van der Waals surface area contributed by atoms with Crippen LogP contribution in [0.2, 0.25) is 0 Å². The van der Waals surface area contributed by atoms with E-state index in [4.69, 9.17) is 42.7 Å². The van der Waals surface area contributed by atoms with Gasteiger partial charge in [0.2, 0.25) is 0 Å². The molecule has 9 heteroatoms. The van der Waals surface area contributed by atoms with E-state index in [2.05, 4.69) is 0 Å². The standard InChI is InChI=1S/C10H21Cl2N2O4P/c1-10(2)16-7-9(18-10)8-17-19(13,15)14(5-3-11)6-4-12/h9H,3-8H2,1-2H3,(H2,13,15). The summed E-state index contributed by atoms with van der Waals surface area (Å²) in [5.41, 5.74) is 5.72. The third kappa shape index (κ3) is 5.86. The van der Waals surface area contributed by atoms with Crippen LogP contribution in [0.5, 0.6) is 0 Å². The molecule has 0 radical (unpaired) electrons. The molecule has 2 N–H and O–H groups in total. The summed E-state index contributed by atoms with van der Waals surface area (Å²) in [5, 5.41) is 0. The maximum atomic E-state index is 12.3. The van der Waals surface area contributed by atoms with Gasteiger partial charge in [-0.3, -0.25) is 4.57 Å². The summed E-state index contributed by atoms with van der Waals surface area (Å²) in [4.78, 5) is 0. The van der Waals surface area contributed by atoms with Gasteiger partial charge in [-0.15, -0.1) is 23.2 Å². The highest BCUT2D eigenvalue weighted by Crippen LogP contribution is 2.42. The van der Waals surface area contributed by atoms with Crippen LogP contribution in [0, 0.1) is 0 Å². The van der Waals surface area contributed by atoms with Crippen molar-refractivity contribution >= 4 is 30.9 Å². The Bertz CT molecular complexity index is 327. The molecule has 0 aliphatic carbocycles. The molecular formula is C10H21Cl2N2O4P. The van der Waals surface area contributed by atoms with Gasteiger partial charge in [-0.25, -0.2) is 10.2 Å². The van der Waals surface area contributed by atoms with E-state index in [1.165, 1.54) is 4.67 Å². The molecule has 0 aromatic rings. The lowest BCUT2D eigenvalue weighted by molar-refractivity contribution is -0.141. The van der Waals surface area contributed by atoms with Gasteiger partial charge in [0.05, 0.1) is 13.2 Å². The fourth-order valence-corrected chi connectivity index (χ4v) is 3.65. The van der Waals surface area contributed by atoms with Gasteiger partial charge in [0.25, 0.3) is 0 Å². The number of nitrogens with two attached hydrogens (primary N) is 1. The smallest absolute Gasteiger partial charge is 0.340 e. The average molecular weight is 335 g/mol. The molecule has 0 bridgehead atoms. The Labute approximate surface area is 124 Å². The maximum Gasteiger partial charge on any atom is 0.340 e. The van der Waals surface area contributed by atoms with Crippen molar-refractivity contribution in [3.63, 3.8) is 0 Å². The summed E-state index contributed by atoms with van der Waals surface area (Å²) in [6.07, 6.45) is -0.277. The minimum Gasteiger partial charge on any atom is -0.348 e. The molecule has 0 aromatic carbocycles. The molecular weight excluding hydrogens is 314 g/mol. The minimum absolute atomic E-state index is 0.109. The van der Waals surface area contributed by atoms with Crippen molar-refractivity contribution in [2.45, 2.75) is 25.7 Å². The van der Waals surface area contributed by atoms with Crippen molar-refractivity contribution in [1.82, 2.24) is 4.67 Å². The quantitative estimate of drug-likeness (QED) is 0.540. The molecule has 1 fully saturated rings. The zero-order valence-electron chi connectivity index (χ0n) is 11.2. The Morgan fingerprint density at radius 3 is 2.42 bits per heavy atom. The van der Waals surface area contributed by atoms with E-state index < -0.39 is 13.5 Å². The number of hydrogen-bond donors (Lipinski definition) is 1. The molecule has 1 aliphatic heterocycles. The topological polar surface area (TPSA) is 74.0 Å². The van der Waals surface area contributed by atoms with Gasteiger partial charge in [-0.1, -0.05) is 0 Å². The number of hydrogen-bond acceptors (Lipinski definition) is 4. The van der Waals surface area contributed by atoms with Crippen LogP contribution in [0.15, 0.2) is 0 Å². The van der Waals surface area contributed by atoms with Gasteiger partial charge < -0.3 is 14.0 Å². The predicted octanol–water partition coefficient (Wildman–Crippen LogP) is 2.00. The third-order valence-corrected chi connectivity index (χ3v) is 4.64. The van der Waals surface area contributed by atoms with Gasteiger partial charge in [0, 0.05) is 24.8 Å². The molecule has 114 valence electrons. The second-order valence-electron chi connectivity index (χ2n) is 4.64. The van der Waals surface area contributed by atoms with E-state index in [9.17, 15) is 4.57 Å². The van der Waals surface area contributed by atoms with Gasteiger partial charge >= 0.3 is 7.67 Å². The maximum absolute atomic E-state index is 12.3.